The van der Waals surface area contributed by atoms with Crippen LogP contribution >= 0.6 is 0 Å². The van der Waals surface area contributed by atoms with Crippen molar-refractivity contribution in [3.05, 3.63) is 65.0 Å². The lowest BCUT2D eigenvalue weighted by atomic mass is 10.1. The van der Waals surface area contributed by atoms with Crippen LogP contribution in [0.1, 0.15) is 16.7 Å². The van der Waals surface area contributed by atoms with E-state index in [4.69, 9.17) is 10.00 Å². The molecule has 2 rings (SSSR count). The minimum atomic E-state index is -0.552. The van der Waals surface area contributed by atoms with Crippen molar-refractivity contribution >= 4 is 0 Å². The summed E-state index contributed by atoms with van der Waals surface area (Å²) in [5, 5.41) is 8.63. The van der Waals surface area contributed by atoms with E-state index in [9.17, 15) is 4.39 Å². The second kappa shape index (κ2) is 5.71. The lowest BCUT2D eigenvalue weighted by Gasteiger charge is -1.97. The minimum Gasteiger partial charge on any atom is -0.497 e. The Morgan fingerprint density at radius 3 is 2.21 bits per heavy atom. The molecule has 0 aliphatic rings. The van der Waals surface area contributed by atoms with E-state index < -0.39 is 5.82 Å². The van der Waals surface area contributed by atoms with Gasteiger partial charge in [0.1, 0.15) is 17.6 Å². The maximum atomic E-state index is 13.4. The van der Waals surface area contributed by atoms with Crippen LogP contribution in [0, 0.1) is 29.0 Å². The molecule has 0 saturated carbocycles. The highest BCUT2D eigenvalue weighted by atomic mass is 19.1. The lowest BCUT2D eigenvalue weighted by molar-refractivity contribution is 0.415. The molecule has 0 N–H and O–H groups in total. The number of halogens is 1. The topological polar surface area (TPSA) is 33.0 Å². The van der Waals surface area contributed by atoms with Crippen molar-refractivity contribution < 1.29 is 9.13 Å². The van der Waals surface area contributed by atoms with E-state index in [1.807, 2.05) is 24.3 Å². The van der Waals surface area contributed by atoms with E-state index >= 15 is 0 Å². The quantitative estimate of drug-likeness (QED) is 0.729. The molecule has 0 amide bonds. The number of hydrogen-bond donors (Lipinski definition) is 0. The van der Waals surface area contributed by atoms with Gasteiger partial charge in [0, 0.05) is 11.1 Å². The lowest BCUT2D eigenvalue weighted by Crippen LogP contribution is -1.85. The SMILES string of the molecule is COc1ccc(C#Cc2ccc(C#N)c(F)c2)cc1. The van der Waals surface area contributed by atoms with E-state index in [1.54, 1.807) is 19.2 Å². The maximum Gasteiger partial charge on any atom is 0.142 e. The van der Waals surface area contributed by atoms with E-state index in [2.05, 4.69) is 11.8 Å². The first-order chi connectivity index (χ1) is 9.22. The van der Waals surface area contributed by atoms with Crippen LogP contribution in [0.5, 0.6) is 5.75 Å². The Labute approximate surface area is 111 Å². The Bertz CT molecular complexity index is 687. The fraction of sp³-hybridized carbons (Fsp3) is 0.0625. The third-order valence-corrected chi connectivity index (χ3v) is 2.53. The van der Waals surface area contributed by atoms with Gasteiger partial charge >= 0.3 is 0 Å². The van der Waals surface area contributed by atoms with Gasteiger partial charge in [-0.05, 0) is 42.5 Å². The molecule has 0 saturated heterocycles. The summed E-state index contributed by atoms with van der Waals surface area (Å²) in [5.41, 5.74) is 1.37. The predicted molar refractivity (Wildman–Crippen MR) is 70.1 cm³/mol. The zero-order valence-corrected chi connectivity index (χ0v) is 10.3. The summed E-state index contributed by atoms with van der Waals surface area (Å²) in [6.45, 7) is 0. The number of rotatable bonds is 1. The fourth-order valence-electron chi connectivity index (χ4n) is 1.50. The molecule has 0 aromatic heterocycles. The van der Waals surface area contributed by atoms with Gasteiger partial charge < -0.3 is 4.74 Å². The molecule has 0 aliphatic heterocycles. The predicted octanol–water partition coefficient (Wildman–Crippen LogP) is 3.11. The third kappa shape index (κ3) is 3.12. The summed E-state index contributed by atoms with van der Waals surface area (Å²) < 4.78 is 18.4. The Balaban J connectivity index is 2.24. The molecule has 0 bridgehead atoms. The number of methoxy groups -OCH3 is 1. The zero-order chi connectivity index (χ0) is 13.7. The Morgan fingerprint density at radius 1 is 1.00 bits per heavy atom. The summed E-state index contributed by atoms with van der Waals surface area (Å²) in [6, 6.07) is 13.3. The highest BCUT2D eigenvalue weighted by molar-refractivity contribution is 5.46. The first-order valence-electron chi connectivity index (χ1n) is 5.58. The van der Waals surface area contributed by atoms with Crippen LogP contribution in [0.25, 0.3) is 0 Å². The van der Waals surface area contributed by atoms with Crippen LogP contribution in [0.2, 0.25) is 0 Å². The van der Waals surface area contributed by atoms with Crippen molar-refractivity contribution in [1.82, 2.24) is 0 Å². The molecule has 0 unspecified atom stereocenters. The number of ether oxygens (including phenoxy) is 1. The van der Waals surface area contributed by atoms with Crippen molar-refractivity contribution in [2.24, 2.45) is 0 Å². The van der Waals surface area contributed by atoms with Crippen LogP contribution in [0.15, 0.2) is 42.5 Å². The van der Waals surface area contributed by atoms with Crippen LogP contribution in [0.4, 0.5) is 4.39 Å². The summed E-state index contributed by atoms with van der Waals surface area (Å²) >= 11 is 0. The number of nitrogens with zero attached hydrogens (tertiary/aromatic N) is 1. The van der Waals surface area contributed by atoms with Crippen molar-refractivity contribution in [2.75, 3.05) is 7.11 Å². The monoisotopic (exact) mass is 251 g/mol. The molecular weight excluding hydrogens is 241 g/mol. The first kappa shape index (κ1) is 12.7. The van der Waals surface area contributed by atoms with E-state index in [-0.39, 0.29) is 5.56 Å². The number of nitriles is 1. The molecule has 19 heavy (non-hydrogen) atoms. The Morgan fingerprint density at radius 2 is 1.63 bits per heavy atom. The summed E-state index contributed by atoms with van der Waals surface area (Å²) in [5.74, 6) is 5.98. The minimum absolute atomic E-state index is 0.0231. The maximum absolute atomic E-state index is 13.4. The molecule has 92 valence electrons. The fourth-order valence-corrected chi connectivity index (χ4v) is 1.50. The average molecular weight is 251 g/mol. The molecule has 2 nitrogen and oxygen atoms in total. The normalized spacial score (nSPS) is 9.11. The molecule has 2 aromatic carbocycles. The van der Waals surface area contributed by atoms with Gasteiger partial charge in [0.05, 0.1) is 12.7 Å². The highest BCUT2D eigenvalue weighted by Crippen LogP contribution is 2.11. The van der Waals surface area contributed by atoms with Gasteiger partial charge in [-0.15, -0.1) is 0 Å². The molecule has 0 spiro atoms. The van der Waals surface area contributed by atoms with E-state index in [1.165, 1.54) is 12.1 Å². The van der Waals surface area contributed by atoms with Crippen LogP contribution < -0.4 is 4.74 Å². The Kier molecular flexibility index (Phi) is 3.81. The molecule has 0 atom stereocenters. The molecule has 0 radical (unpaired) electrons. The van der Waals surface area contributed by atoms with Crippen molar-refractivity contribution in [1.29, 1.82) is 5.26 Å². The molecule has 3 heteroatoms. The standard InChI is InChI=1S/C16H10FNO/c1-19-15-8-5-12(6-9-15)2-3-13-4-7-14(11-18)16(17)10-13/h4-10H,1H3. The molecule has 2 aromatic rings. The van der Waals surface area contributed by atoms with Crippen molar-refractivity contribution in [3.8, 4) is 23.7 Å². The van der Waals surface area contributed by atoms with Gasteiger partial charge in [0.15, 0.2) is 0 Å². The van der Waals surface area contributed by atoms with Gasteiger partial charge in [-0.1, -0.05) is 11.8 Å². The molecule has 0 heterocycles. The van der Waals surface area contributed by atoms with E-state index in [0.29, 0.717) is 5.56 Å². The van der Waals surface area contributed by atoms with Gasteiger partial charge in [0.2, 0.25) is 0 Å². The molecule has 0 aliphatic carbocycles. The summed E-state index contributed by atoms with van der Waals surface area (Å²) in [4.78, 5) is 0. The second-order valence-corrected chi connectivity index (χ2v) is 3.78. The van der Waals surface area contributed by atoms with Crippen LogP contribution in [-0.4, -0.2) is 7.11 Å². The first-order valence-corrected chi connectivity index (χ1v) is 5.58. The highest BCUT2D eigenvalue weighted by Gasteiger charge is 2.00. The Hall–Kier alpha value is -2.78. The van der Waals surface area contributed by atoms with Gasteiger partial charge in [-0.25, -0.2) is 4.39 Å². The van der Waals surface area contributed by atoms with Crippen molar-refractivity contribution in [2.45, 2.75) is 0 Å². The molecule has 0 fully saturated rings. The number of hydrogen-bond acceptors (Lipinski definition) is 2. The summed E-state index contributed by atoms with van der Waals surface area (Å²) in [6.07, 6.45) is 0. The van der Waals surface area contributed by atoms with Crippen LogP contribution in [-0.2, 0) is 0 Å². The van der Waals surface area contributed by atoms with Crippen molar-refractivity contribution in [3.63, 3.8) is 0 Å². The largest absolute Gasteiger partial charge is 0.497 e. The van der Waals surface area contributed by atoms with Gasteiger partial charge in [-0.3, -0.25) is 0 Å². The smallest absolute Gasteiger partial charge is 0.142 e. The second-order valence-electron chi connectivity index (χ2n) is 3.78. The third-order valence-electron chi connectivity index (χ3n) is 2.53. The summed E-state index contributed by atoms with van der Waals surface area (Å²) in [7, 11) is 1.60. The van der Waals surface area contributed by atoms with Gasteiger partial charge in [-0.2, -0.15) is 5.26 Å². The average Bonchev–Trinajstić information content (AvgIpc) is 2.46. The number of benzene rings is 2. The van der Waals surface area contributed by atoms with Gasteiger partial charge in [0.25, 0.3) is 0 Å². The molecular formula is C16H10FNO. The van der Waals surface area contributed by atoms with E-state index in [0.717, 1.165) is 11.3 Å². The zero-order valence-electron chi connectivity index (χ0n) is 10.3. The van der Waals surface area contributed by atoms with Crippen LogP contribution in [0.3, 0.4) is 0 Å².